The van der Waals surface area contributed by atoms with Crippen molar-refractivity contribution in [3.8, 4) is 5.75 Å². The van der Waals surface area contributed by atoms with Crippen molar-refractivity contribution in [1.29, 1.82) is 0 Å². The van der Waals surface area contributed by atoms with Gasteiger partial charge < -0.3 is 10.4 Å². The van der Waals surface area contributed by atoms with Gasteiger partial charge in [0, 0.05) is 32.2 Å². The number of phenols is 1. The van der Waals surface area contributed by atoms with E-state index in [1.165, 1.54) is 5.56 Å². The highest BCUT2D eigenvalue weighted by Gasteiger charge is 2.22. The van der Waals surface area contributed by atoms with Crippen LogP contribution >= 0.6 is 0 Å². The SMILES string of the molecule is C=CCC[C@@H](c1cc(C)c(O)c(C)c1)N1CCNCC1. The predicted molar refractivity (Wildman–Crippen MR) is 84.2 cm³/mol. The van der Waals surface area contributed by atoms with Crippen LogP contribution in [0.2, 0.25) is 0 Å². The van der Waals surface area contributed by atoms with Crippen molar-refractivity contribution in [3.63, 3.8) is 0 Å². The number of rotatable bonds is 5. The Hall–Kier alpha value is -1.32. The van der Waals surface area contributed by atoms with Gasteiger partial charge in [0.25, 0.3) is 0 Å². The number of aromatic hydroxyl groups is 1. The Morgan fingerprint density at radius 2 is 1.90 bits per heavy atom. The largest absolute Gasteiger partial charge is 0.507 e. The first-order chi connectivity index (χ1) is 9.63. The Morgan fingerprint density at radius 3 is 2.45 bits per heavy atom. The molecule has 0 amide bonds. The lowest BCUT2D eigenvalue weighted by molar-refractivity contribution is 0.166. The van der Waals surface area contributed by atoms with Crippen molar-refractivity contribution in [1.82, 2.24) is 10.2 Å². The van der Waals surface area contributed by atoms with Crippen LogP contribution in [0.4, 0.5) is 0 Å². The van der Waals surface area contributed by atoms with E-state index >= 15 is 0 Å². The van der Waals surface area contributed by atoms with Crippen LogP contribution in [-0.2, 0) is 0 Å². The van der Waals surface area contributed by atoms with Crippen LogP contribution in [0.25, 0.3) is 0 Å². The maximum absolute atomic E-state index is 9.96. The van der Waals surface area contributed by atoms with Crippen molar-refractivity contribution >= 4 is 0 Å². The number of hydrogen-bond donors (Lipinski definition) is 2. The van der Waals surface area contributed by atoms with Crippen LogP contribution in [0.5, 0.6) is 5.75 Å². The molecule has 1 heterocycles. The summed E-state index contributed by atoms with van der Waals surface area (Å²) in [4.78, 5) is 2.55. The zero-order valence-electron chi connectivity index (χ0n) is 12.7. The fourth-order valence-electron chi connectivity index (χ4n) is 3.01. The van der Waals surface area contributed by atoms with E-state index in [1.807, 2.05) is 19.9 Å². The Kier molecular flexibility index (Phi) is 5.21. The van der Waals surface area contributed by atoms with Crippen molar-refractivity contribution in [3.05, 3.63) is 41.5 Å². The third-order valence-electron chi connectivity index (χ3n) is 4.13. The number of nitrogens with zero attached hydrogens (tertiary/aromatic N) is 1. The molecule has 1 atom stereocenters. The zero-order chi connectivity index (χ0) is 14.5. The third-order valence-corrected chi connectivity index (χ3v) is 4.13. The first-order valence-electron chi connectivity index (χ1n) is 7.49. The minimum atomic E-state index is 0.424. The van der Waals surface area contributed by atoms with Crippen LogP contribution < -0.4 is 5.32 Å². The van der Waals surface area contributed by atoms with Gasteiger partial charge in [0.05, 0.1) is 0 Å². The van der Waals surface area contributed by atoms with Gasteiger partial charge in [-0.3, -0.25) is 4.90 Å². The number of phenolic OH excluding ortho intramolecular Hbond substituents is 1. The van der Waals surface area contributed by atoms with Gasteiger partial charge in [0.2, 0.25) is 0 Å². The van der Waals surface area contributed by atoms with Crippen LogP contribution in [0.3, 0.4) is 0 Å². The van der Waals surface area contributed by atoms with Crippen LogP contribution in [0.15, 0.2) is 24.8 Å². The highest BCUT2D eigenvalue weighted by molar-refractivity contribution is 5.43. The highest BCUT2D eigenvalue weighted by atomic mass is 16.3. The van der Waals surface area contributed by atoms with Gasteiger partial charge in [-0.2, -0.15) is 0 Å². The molecule has 110 valence electrons. The molecule has 2 N–H and O–H groups in total. The number of allylic oxidation sites excluding steroid dienone is 1. The Labute approximate surface area is 122 Å². The standard InChI is InChI=1S/C17H26N2O/c1-4-5-6-16(19-9-7-18-8-10-19)15-11-13(2)17(20)14(3)12-15/h4,11-12,16,18,20H,1,5-10H2,2-3H3/t16-/m0/s1. The minimum Gasteiger partial charge on any atom is -0.507 e. The lowest BCUT2D eigenvalue weighted by atomic mass is 9.95. The van der Waals surface area contributed by atoms with Crippen LogP contribution in [0.1, 0.15) is 35.6 Å². The smallest absolute Gasteiger partial charge is 0.121 e. The molecule has 0 aliphatic carbocycles. The molecule has 1 aromatic rings. The molecule has 0 saturated carbocycles. The van der Waals surface area contributed by atoms with Crippen molar-refractivity contribution < 1.29 is 5.11 Å². The Balaban J connectivity index is 2.27. The van der Waals surface area contributed by atoms with E-state index in [-0.39, 0.29) is 0 Å². The average Bonchev–Trinajstić information content (AvgIpc) is 2.46. The summed E-state index contributed by atoms with van der Waals surface area (Å²) in [6.07, 6.45) is 4.11. The second-order valence-electron chi connectivity index (χ2n) is 5.67. The lowest BCUT2D eigenvalue weighted by Gasteiger charge is -2.35. The van der Waals surface area contributed by atoms with E-state index in [9.17, 15) is 5.11 Å². The topological polar surface area (TPSA) is 35.5 Å². The van der Waals surface area contributed by atoms with Gasteiger partial charge in [-0.15, -0.1) is 6.58 Å². The molecule has 1 aliphatic rings. The molecule has 1 aliphatic heterocycles. The highest BCUT2D eigenvalue weighted by Crippen LogP contribution is 2.31. The molecule has 2 rings (SSSR count). The first-order valence-corrected chi connectivity index (χ1v) is 7.49. The van der Waals surface area contributed by atoms with Gasteiger partial charge in [-0.25, -0.2) is 0 Å². The lowest BCUT2D eigenvalue weighted by Crippen LogP contribution is -2.45. The van der Waals surface area contributed by atoms with E-state index < -0.39 is 0 Å². The van der Waals surface area contributed by atoms with Crippen molar-refractivity contribution in [2.24, 2.45) is 0 Å². The normalized spacial score (nSPS) is 17.9. The number of nitrogens with one attached hydrogen (secondary N) is 1. The zero-order valence-corrected chi connectivity index (χ0v) is 12.7. The molecular weight excluding hydrogens is 248 g/mol. The summed E-state index contributed by atoms with van der Waals surface area (Å²) in [6, 6.07) is 4.70. The fraction of sp³-hybridized carbons (Fsp3) is 0.529. The molecule has 0 radical (unpaired) electrons. The first kappa shape index (κ1) is 15.1. The fourth-order valence-corrected chi connectivity index (χ4v) is 3.01. The summed E-state index contributed by atoms with van der Waals surface area (Å²) in [6.45, 7) is 12.1. The van der Waals surface area contributed by atoms with E-state index in [4.69, 9.17) is 0 Å². The molecule has 0 aromatic heterocycles. The molecule has 1 saturated heterocycles. The molecule has 3 heteroatoms. The van der Waals surface area contributed by atoms with Crippen molar-refractivity contribution in [2.75, 3.05) is 26.2 Å². The summed E-state index contributed by atoms with van der Waals surface area (Å²) in [5.74, 6) is 0.427. The van der Waals surface area contributed by atoms with Crippen molar-refractivity contribution in [2.45, 2.75) is 32.7 Å². The maximum atomic E-state index is 9.96. The van der Waals surface area contributed by atoms with Gasteiger partial charge >= 0.3 is 0 Å². The second kappa shape index (κ2) is 6.91. The summed E-state index contributed by atoms with van der Waals surface area (Å²) in [5, 5.41) is 13.4. The van der Waals surface area contributed by atoms with E-state index in [0.29, 0.717) is 11.8 Å². The summed E-state index contributed by atoms with van der Waals surface area (Å²) < 4.78 is 0. The molecule has 0 bridgehead atoms. The molecule has 1 aromatic carbocycles. The van der Waals surface area contributed by atoms with Crippen LogP contribution in [-0.4, -0.2) is 36.2 Å². The molecular formula is C17H26N2O. The van der Waals surface area contributed by atoms with E-state index in [0.717, 1.165) is 50.1 Å². The van der Waals surface area contributed by atoms with Crippen LogP contribution in [0, 0.1) is 13.8 Å². The maximum Gasteiger partial charge on any atom is 0.121 e. The summed E-state index contributed by atoms with van der Waals surface area (Å²) >= 11 is 0. The number of piperazine rings is 1. The molecule has 20 heavy (non-hydrogen) atoms. The number of benzene rings is 1. The summed E-state index contributed by atoms with van der Waals surface area (Å²) in [7, 11) is 0. The quantitative estimate of drug-likeness (QED) is 0.810. The van der Waals surface area contributed by atoms with Gasteiger partial charge in [-0.1, -0.05) is 18.2 Å². The Morgan fingerprint density at radius 1 is 1.30 bits per heavy atom. The number of hydrogen-bond acceptors (Lipinski definition) is 3. The van der Waals surface area contributed by atoms with Gasteiger partial charge in [0.1, 0.15) is 5.75 Å². The molecule has 0 unspecified atom stereocenters. The Bertz CT molecular complexity index is 441. The van der Waals surface area contributed by atoms with Gasteiger partial charge in [0.15, 0.2) is 0 Å². The monoisotopic (exact) mass is 274 g/mol. The number of aryl methyl sites for hydroxylation is 2. The summed E-state index contributed by atoms with van der Waals surface area (Å²) in [5.41, 5.74) is 3.26. The minimum absolute atomic E-state index is 0.424. The average molecular weight is 274 g/mol. The molecule has 3 nitrogen and oxygen atoms in total. The molecule has 0 spiro atoms. The third kappa shape index (κ3) is 3.41. The second-order valence-corrected chi connectivity index (χ2v) is 5.67. The van der Waals surface area contributed by atoms with E-state index in [2.05, 4.69) is 28.9 Å². The van der Waals surface area contributed by atoms with E-state index in [1.54, 1.807) is 0 Å². The molecule has 1 fully saturated rings. The van der Waals surface area contributed by atoms with Gasteiger partial charge in [-0.05, 0) is 43.4 Å². The predicted octanol–water partition coefficient (Wildman–Crippen LogP) is 2.92.